The fourth-order valence-corrected chi connectivity index (χ4v) is 2.37. The van der Waals surface area contributed by atoms with Crippen molar-refractivity contribution in [1.82, 2.24) is 0 Å². The van der Waals surface area contributed by atoms with Crippen LogP contribution >= 0.6 is 0 Å². The molecule has 0 aromatic heterocycles. The summed E-state index contributed by atoms with van der Waals surface area (Å²) >= 11 is 0. The maximum atomic E-state index is 13.9. The highest BCUT2D eigenvalue weighted by Crippen LogP contribution is 2.27. The van der Waals surface area contributed by atoms with Crippen LogP contribution in [0.5, 0.6) is 0 Å². The predicted molar refractivity (Wildman–Crippen MR) is 64.5 cm³/mol. The molecule has 0 bridgehead atoms. The summed E-state index contributed by atoms with van der Waals surface area (Å²) in [5.41, 5.74) is 0.206. The molecule has 1 heterocycles. The van der Waals surface area contributed by atoms with Gasteiger partial charge in [-0.1, -0.05) is 0 Å². The number of hydrogen-bond donors (Lipinski definition) is 1. The van der Waals surface area contributed by atoms with E-state index in [4.69, 9.17) is 9.84 Å². The fourth-order valence-electron chi connectivity index (χ4n) is 2.37. The van der Waals surface area contributed by atoms with E-state index < -0.39 is 11.6 Å². The quantitative estimate of drug-likeness (QED) is 0.880. The average Bonchev–Trinajstić information content (AvgIpc) is 2.26. The first-order valence-corrected chi connectivity index (χ1v) is 6.00. The molecule has 0 radical (unpaired) electrons. The zero-order valence-corrected chi connectivity index (χ0v) is 10.5. The van der Waals surface area contributed by atoms with Crippen molar-refractivity contribution in [2.24, 2.45) is 0 Å². The van der Waals surface area contributed by atoms with Crippen LogP contribution < -0.4 is 4.90 Å². The minimum atomic E-state index is -0.639. The van der Waals surface area contributed by atoms with Crippen LogP contribution in [-0.2, 0) is 11.3 Å². The second-order valence-corrected chi connectivity index (χ2v) is 4.73. The Bertz CT molecular complexity index is 406. The molecule has 18 heavy (non-hydrogen) atoms. The number of aliphatic hydroxyl groups excluding tert-OH is 1. The van der Waals surface area contributed by atoms with Crippen LogP contribution in [0.25, 0.3) is 0 Å². The van der Waals surface area contributed by atoms with E-state index in [1.165, 1.54) is 12.1 Å². The number of rotatable bonds is 2. The summed E-state index contributed by atoms with van der Waals surface area (Å²) in [6, 6.07) is 2.34. The second-order valence-electron chi connectivity index (χ2n) is 4.73. The molecule has 1 aliphatic rings. The Balaban J connectivity index is 2.32. The van der Waals surface area contributed by atoms with E-state index in [-0.39, 0.29) is 30.1 Å². The van der Waals surface area contributed by atoms with Gasteiger partial charge in [0.05, 0.1) is 18.8 Å². The van der Waals surface area contributed by atoms with Crippen LogP contribution in [0.15, 0.2) is 12.1 Å². The van der Waals surface area contributed by atoms with Gasteiger partial charge in [-0.3, -0.25) is 0 Å². The largest absolute Gasteiger partial charge is 0.392 e. The summed E-state index contributed by atoms with van der Waals surface area (Å²) in [6.07, 6.45) is -0.130. The number of morpholine rings is 1. The van der Waals surface area contributed by atoms with Gasteiger partial charge in [0.25, 0.3) is 0 Å². The van der Waals surface area contributed by atoms with Crippen LogP contribution in [0.4, 0.5) is 14.5 Å². The van der Waals surface area contributed by atoms with Crippen LogP contribution in [-0.4, -0.2) is 30.4 Å². The van der Waals surface area contributed by atoms with E-state index in [9.17, 15) is 8.78 Å². The van der Waals surface area contributed by atoms with Crippen LogP contribution in [0.2, 0.25) is 0 Å². The van der Waals surface area contributed by atoms with Crippen molar-refractivity contribution >= 4 is 5.69 Å². The number of hydrogen-bond acceptors (Lipinski definition) is 3. The third kappa shape index (κ3) is 2.62. The van der Waals surface area contributed by atoms with Crippen LogP contribution in [0, 0.1) is 11.6 Å². The minimum Gasteiger partial charge on any atom is -0.392 e. The molecule has 1 N–H and O–H groups in total. The molecule has 0 spiro atoms. The molecule has 1 fully saturated rings. The molecular formula is C13H17F2NO2. The zero-order chi connectivity index (χ0) is 13.3. The molecule has 2 unspecified atom stereocenters. The highest BCUT2D eigenvalue weighted by Gasteiger charge is 2.26. The van der Waals surface area contributed by atoms with Crippen LogP contribution in [0.1, 0.15) is 19.4 Å². The van der Waals surface area contributed by atoms with Crippen molar-refractivity contribution in [1.29, 1.82) is 0 Å². The first kappa shape index (κ1) is 13.2. The molecule has 0 saturated carbocycles. The molecule has 0 aliphatic carbocycles. The predicted octanol–water partition coefficient (Wildman–Crippen LogP) is 2.07. The van der Waals surface area contributed by atoms with Crippen molar-refractivity contribution in [2.45, 2.75) is 32.7 Å². The highest BCUT2D eigenvalue weighted by molar-refractivity contribution is 5.51. The third-order valence-corrected chi connectivity index (χ3v) is 3.00. The smallest absolute Gasteiger partial charge is 0.149 e. The van der Waals surface area contributed by atoms with Gasteiger partial charge in [-0.05, 0) is 31.5 Å². The Morgan fingerprint density at radius 1 is 1.22 bits per heavy atom. The monoisotopic (exact) mass is 257 g/mol. The molecule has 1 saturated heterocycles. The van der Waals surface area contributed by atoms with Crippen molar-refractivity contribution in [3.63, 3.8) is 0 Å². The topological polar surface area (TPSA) is 32.7 Å². The average molecular weight is 257 g/mol. The van der Waals surface area contributed by atoms with E-state index in [1.54, 1.807) is 4.90 Å². The van der Waals surface area contributed by atoms with Gasteiger partial charge in [-0.25, -0.2) is 8.78 Å². The van der Waals surface area contributed by atoms with E-state index in [2.05, 4.69) is 0 Å². The number of ether oxygens (including phenoxy) is 1. The summed E-state index contributed by atoms with van der Waals surface area (Å²) in [7, 11) is 0. The molecule has 1 aliphatic heterocycles. The summed E-state index contributed by atoms with van der Waals surface area (Å²) in [5, 5.41) is 8.90. The maximum absolute atomic E-state index is 13.9. The molecule has 100 valence electrons. The molecule has 5 heteroatoms. The Hall–Kier alpha value is -1.20. The van der Waals surface area contributed by atoms with Gasteiger partial charge in [-0.2, -0.15) is 0 Å². The number of halogens is 2. The van der Waals surface area contributed by atoms with Gasteiger partial charge in [0.15, 0.2) is 0 Å². The SMILES string of the molecule is CC1CN(c2c(F)cc(CO)cc2F)CC(C)O1. The van der Waals surface area contributed by atoms with Gasteiger partial charge in [0, 0.05) is 13.1 Å². The second kappa shape index (κ2) is 5.20. The molecular weight excluding hydrogens is 240 g/mol. The normalized spacial score (nSPS) is 24.4. The summed E-state index contributed by atoms with van der Waals surface area (Å²) in [6.45, 7) is 4.29. The minimum absolute atomic E-state index is 0.0331. The lowest BCUT2D eigenvalue weighted by Gasteiger charge is -2.37. The van der Waals surface area contributed by atoms with Crippen molar-refractivity contribution in [3.05, 3.63) is 29.3 Å². The standard InChI is InChI=1S/C13H17F2NO2/c1-8-5-16(6-9(2)18-8)13-11(14)3-10(7-17)4-12(13)15/h3-4,8-9,17H,5-7H2,1-2H3. The van der Waals surface area contributed by atoms with Crippen molar-refractivity contribution in [3.8, 4) is 0 Å². The Morgan fingerprint density at radius 2 is 1.72 bits per heavy atom. The Morgan fingerprint density at radius 3 is 2.17 bits per heavy atom. The molecule has 2 rings (SSSR count). The highest BCUT2D eigenvalue weighted by atomic mass is 19.1. The lowest BCUT2D eigenvalue weighted by molar-refractivity contribution is -0.00558. The molecule has 1 aromatic rings. The lowest BCUT2D eigenvalue weighted by atomic mass is 10.1. The van der Waals surface area contributed by atoms with Gasteiger partial charge < -0.3 is 14.7 Å². The first-order valence-electron chi connectivity index (χ1n) is 6.00. The Kier molecular flexibility index (Phi) is 3.82. The first-order chi connectivity index (χ1) is 8.51. The third-order valence-electron chi connectivity index (χ3n) is 3.00. The van der Waals surface area contributed by atoms with Gasteiger partial charge in [0.2, 0.25) is 0 Å². The molecule has 1 aromatic carbocycles. The van der Waals surface area contributed by atoms with Gasteiger partial charge >= 0.3 is 0 Å². The number of nitrogens with zero attached hydrogens (tertiary/aromatic N) is 1. The van der Waals surface area contributed by atoms with E-state index in [0.717, 1.165) is 0 Å². The summed E-state index contributed by atoms with van der Waals surface area (Å²) in [4.78, 5) is 1.66. The Labute approximate surface area is 105 Å². The van der Waals surface area contributed by atoms with E-state index in [0.29, 0.717) is 13.1 Å². The van der Waals surface area contributed by atoms with Crippen LogP contribution in [0.3, 0.4) is 0 Å². The summed E-state index contributed by atoms with van der Waals surface area (Å²) < 4.78 is 33.3. The lowest BCUT2D eigenvalue weighted by Crippen LogP contribution is -2.46. The molecule has 3 nitrogen and oxygen atoms in total. The molecule has 0 amide bonds. The number of benzene rings is 1. The number of aliphatic hydroxyl groups is 1. The summed E-state index contributed by atoms with van der Waals surface area (Å²) in [5.74, 6) is -1.28. The number of anilines is 1. The van der Waals surface area contributed by atoms with E-state index >= 15 is 0 Å². The van der Waals surface area contributed by atoms with Gasteiger partial charge in [0.1, 0.15) is 17.3 Å². The van der Waals surface area contributed by atoms with Gasteiger partial charge in [-0.15, -0.1) is 0 Å². The maximum Gasteiger partial charge on any atom is 0.149 e. The fraction of sp³-hybridized carbons (Fsp3) is 0.538. The van der Waals surface area contributed by atoms with E-state index in [1.807, 2.05) is 13.8 Å². The molecule has 2 atom stereocenters. The van der Waals surface area contributed by atoms with Crippen molar-refractivity contribution in [2.75, 3.05) is 18.0 Å². The van der Waals surface area contributed by atoms with Crippen molar-refractivity contribution < 1.29 is 18.6 Å². The zero-order valence-electron chi connectivity index (χ0n) is 10.5.